The molecule has 3 nitrogen and oxygen atoms in total. The van der Waals surface area contributed by atoms with Crippen LogP contribution in [0.15, 0.2) is 12.3 Å². The van der Waals surface area contributed by atoms with Gasteiger partial charge in [-0.2, -0.15) is 5.10 Å². The minimum absolute atomic E-state index is 0.823. The fourth-order valence-corrected chi connectivity index (χ4v) is 0.629. The lowest BCUT2D eigenvalue weighted by Crippen LogP contribution is -2.16. The molecule has 1 aromatic heterocycles. The molecule has 9 heavy (non-hydrogen) atoms. The van der Waals surface area contributed by atoms with Gasteiger partial charge in [0.15, 0.2) is 0 Å². The van der Waals surface area contributed by atoms with E-state index in [1.54, 1.807) is 6.07 Å². The van der Waals surface area contributed by atoms with Gasteiger partial charge in [0.05, 0.1) is 6.67 Å². The normalized spacial score (nSPS) is 10.6. The van der Waals surface area contributed by atoms with Crippen LogP contribution in [0, 0.1) is 6.20 Å². The van der Waals surface area contributed by atoms with Crippen molar-refractivity contribution in [3.8, 4) is 0 Å². The predicted molar refractivity (Wildman–Crippen MR) is 34.7 cm³/mol. The lowest BCUT2D eigenvalue weighted by molar-refractivity contribution is 0.307. The summed E-state index contributed by atoms with van der Waals surface area (Å²) in [5.74, 6) is 0. The highest BCUT2D eigenvalue weighted by molar-refractivity contribution is 4.74. The molecule has 1 radical (unpaired) electrons. The average Bonchev–Trinajstić information content (AvgIpc) is 2.15. The van der Waals surface area contributed by atoms with Crippen molar-refractivity contribution in [2.75, 3.05) is 14.1 Å². The second-order valence-electron chi connectivity index (χ2n) is 2.21. The fourth-order valence-electron chi connectivity index (χ4n) is 0.629. The Balaban J connectivity index is 2.48. The SMILES string of the molecule is CN(C)Cn1cc[c]n1. The summed E-state index contributed by atoms with van der Waals surface area (Å²) in [5, 5.41) is 3.91. The Kier molecular flexibility index (Phi) is 1.85. The van der Waals surface area contributed by atoms with Crippen LogP contribution in [0.25, 0.3) is 0 Å². The molecule has 1 rings (SSSR count). The van der Waals surface area contributed by atoms with E-state index in [1.165, 1.54) is 0 Å². The summed E-state index contributed by atoms with van der Waals surface area (Å²) in [4.78, 5) is 2.04. The van der Waals surface area contributed by atoms with E-state index in [0.29, 0.717) is 0 Å². The van der Waals surface area contributed by atoms with Crippen molar-refractivity contribution in [3.05, 3.63) is 18.5 Å². The van der Waals surface area contributed by atoms with Gasteiger partial charge in [0.2, 0.25) is 0 Å². The summed E-state index contributed by atoms with van der Waals surface area (Å²) < 4.78 is 1.82. The number of rotatable bonds is 2. The third-order valence-corrected chi connectivity index (χ3v) is 0.935. The molecule has 3 heteroatoms. The molecule has 1 heterocycles. The van der Waals surface area contributed by atoms with Crippen LogP contribution in [-0.2, 0) is 6.67 Å². The van der Waals surface area contributed by atoms with E-state index in [2.05, 4.69) is 11.3 Å². The average molecular weight is 124 g/mol. The van der Waals surface area contributed by atoms with Gasteiger partial charge >= 0.3 is 0 Å². The van der Waals surface area contributed by atoms with Gasteiger partial charge in [-0.05, 0) is 20.2 Å². The van der Waals surface area contributed by atoms with E-state index in [1.807, 2.05) is 29.9 Å². The second kappa shape index (κ2) is 2.64. The molecule has 49 valence electrons. The van der Waals surface area contributed by atoms with E-state index in [0.717, 1.165) is 6.67 Å². The Bertz CT molecular complexity index is 155. The third kappa shape index (κ3) is 1.85. The first kappa shape index (κ1) is 6.29. The van der Waals surface area contributed by atoms with Gasteiger partial charge in [0, 0.05) is 6.20 Å². The zero-order valence-electron chi connectivity index (χ0n) is 5.70. The van der Waals surface area contributed by atoms with Crippen LogP contribution in [0.1, 0.15) is 0 Å². The van der Waals surface area contributed by atoms with Crippen LogP contribution in [-0.4, -0.2) is 28.8 Å². The lowest BCUT2D eigenvalue weighted by Gasteiger charge is -2.07. The topological polar surface area (TPSA) is 21.1 Å². The molecule has 0 fully saturated rings. The minimum Gasteiger partial charge on any atom is -0.291 e. The number of hydrogen-bond acceptors (Lipinski definition) is 2. The standard InChI is InChI=1S/C6H10N3/c1-8(2)6-9-5-3-4-7-9/h3,5H,6H2,1-2H3. The van der Waals surface area contributed by atoms with Crippen LogP contribution >= 0.6 is 0 Å². The van der Waals surface area contributed by atoms with Crippen molar-refractivity contribution >= 4 is 0 Å². The first-order valence-electron chi connectivity index (χ1n) is 2.83. The Morgan fingerprint density at radius 2 is 2.44 bits per heavy atom. The van der Waals surface area contributed by atoms with Crippen LogP contribution in [0.5, 0.6) is 0 Å². The summed E-state index contributed by atoms with van der Waals surface area (Å²) in [6.07, 6.45) is 4.61. The van der Waals surface area contributed by atoms with Gasteiger partial charge in [-0.1, -0.05) is 0 Å². The molecule has 0 saturated carbocycles. The van der Waals surface area contributed by atoms with Crippen molar-refractivity contribution in [3.63, 3.8) is 0 Å². The number of aromatic nitrogens is 2. The molecule has 0 N–H and O–H groups in total. The fraction of sp³-hybridized carbons (Fsp3) is 0.500. The van der Waals surface area contributed by atoms with Crippen LogP contribution < -0.4 is 0 Å². The monoisotopic (exact) mass is 124 g/mol. The molecule has 0 aliphatic heterocycles. The van der Waals surface area contributed by atoms with Crippen LogP contribution in [0.3, 0.4) is 0 Å². The summed E-state index contributed by atoms with van der Waals surface area (Å²) in [6, 6.07) is 1.80. The highest BCUT2D eigenvalue weighted by Crippen LogP contribution is 1.84. The maximum atomic E-state index is 3.91. The van der Waals surface area contributed by atoms with Gasteiger partial charge in [-0.3, -0.25) is 9.58 Å². The molecule has 1 aromatic rings. The maximum absolute atomic E-state index is 3.91. The molecule has 0 saturated heterocycles. The Morgan fingerprint density at radius 1 is 1.67 bits per heavy atom. The molecule has 0 atom stereocenters. The van der Waals surface area contributed by atoms with Crippen molar-refractivity contribution in [2.24, 2.45) is 0 Å². The molecule has 0 aliphatic carbocycles. The summed E-state index contributed by atoms with van der Waals surface area (Å²) in [7, 11) is 4.00. The Hall–Kier alpha value is -0.830. The van der Waals surface area contributed by atoms with Crippen LogP contribution in [0.2, 0.25) is 0 Å². The lowest BCUT2D eigenvalue weighted by atomic mass is 10.7. The summed E-state index contributed by atoms with van der Waals surface area (Å²) in [6.45, 7) is 0.823. The zero-order chi connectivity index (χ0) is 6.69. The molecular formula is C6H10N3. The first-order chi connectivity index (χ1) is 4.29. The first-order valence-corrected chi connectivity index (χ1v) is 2.83. The molecule has 0 amide bonds. The van der Waals surface area contributed by atoms with Gasteiger partial charge in [0.25, 0.3) is 0 Å². The van der Waals surface area contributed by atoms with Gasteiger partial charge in [-0.15, -0.1) is 0 Å². The van der Waals surface area contributed by atoms with E-state index in [4.69, 9.17) is 0 Å². The van der Waals surface area contributed by atoms with Crippen molar-refractivity contribution in [1.29, 1.82) is 0 Å². The minimum atomic E-state index is 0.823. The van der Waals surface area contributed by atoms with Gasteiger partial charge in [0.1, 0.15) is 6.20 Å². The van der Waals surface area contributed by atoms with Crippen molar-refractivity contribution in [2.45, 2.75) is 6.67 Å². The third-order valence-electron chi connectivity index (χ3n) is 0.935. The van der Waals surface area contributed by atoms with E-state index in [-0.39, 0.29) is 0 Å². The predicted octanol–water partition coefficient (Wildman–Crippen LogP) is 0.202. The second-order valence-corrected chi connectivity index (χ2v) is 2.21. The highest BCUT2D eigenvalue weighted by Gasteiger charge is 1.89. The van der Waals surface area contributed by atoms with Gasteiger partial charge < -0.3 is 0 Å². The van der Waals surface area contributed by atoms with Crippen molar-refractivity contribution < 1.29 is 0 Å². The molecule has 0 bridgehead atoms. The summed E-state index contributed by atoms with van der Waals surface area (Å²) >= 11 is 0. The highest BCUT2D eigenvalue weighted by atomic mass is 15.3. The van der Waals surface area contributed by atoms with E-state index < -0.39 is 0 Å². The number of nitrogens with zero attached hydrogens (tertiary/aromatic N) is 3. The molecule has 0 aromatic carbocycles. The molecule has 0 unspecified atom stereocenters. The van der Waals surface area contributed by atoms with E-state index >= 15 is 0 Å². The Labute approximate surface area is 54.9 Å². The molecule has 0 aliphatic rings. The summed E-state index contributed by atoms with van der Waals surface area (Å²) in [5.41, 5.74) is 0. The smallest absolute Gasteiger partial charge is 0.113 e. The maximum Gasteiger partial charge on any atom is 0.113 e. The van der Waals surface area contributed by atoms with Crippen molar-refractivity contribution in [1.82, 2.24) is 14.7 Å². The van der Waals surface area contributed by atoms with Gasteiger partial charge in [-0.25, -0.2) is 0 Å². The van der Waals surface area contributed by atoms with Crippen LogP contribution in [0.4, 0.5) is 0 Å². The molecule has 0 spiro atoms. The number of hydrogen-bond donors (Lipinski definition) is 0. The largest absolute Gasteiger partial charge is 0.291 e. The molecular weight excluding hydrogens is 114 g/mol. The Morgan fingerprint density at radius 3 is 2.89 bits per heavy atom. The zero-order valence-corrected chi connectivity index (χ0v) is 5.70. The quantitative estimate of drug-likeness (QED) is 0.561. The van der Waals surface area contributed by atoms with E-state index in [9.17, 15) is 0 Å².